The van der Waals surface area contributed by atoms with E-state index in [2.05, 4.69) is 10.3 Å². The third-order valence-corrected chi connectivity index (χ3v) is 4.51. The Morgan fingerprint density at radius 2 is 2.09 bits per heavy atom. The number of amides is 1. The molecule has 0 bridgehead atoms. The minimum absolute atomic E-state index is 0.0147. The van der Waals surface area contributed by atoms with Gasteiger partial charge >= 0.3 is 5.97 Å². The van der Waals surface area contributed by atoms with Gasteiger partial charge in [0.1, 0.15) is 0 Å². The van der Waals surface area contributed by atoms with Crippen LogP contribution in [0.25, 0.3) is 10.9 Å². The number of aromatic amines is 1. The van der Waals surface area contributed by atoms with Crippen LogP contribution in [0.15, 0.2) is 24.3 Å². The summed E-state index contributed by atoms with van der Waals surface area (Å²) in [6, 6.07) is 7.92. The van der Waals surface area contributed by atoms with Crippen molar-refractivity contribution in [2.24, 2.45) is 5.92 Å². The quantitative estimate of drug-likeness (QED) is 0.811. The first-order valence-electron chi connectivity index (χ1n) is 7.63. The number of hydrogen-bond acceptors (Lipinski definition) is 2. The van der Waals surface area contributed by atoms with Crippen molar-refractivity contribution in [2.45, 2.75) is 38.6 Å². The number of aryl methyl sites for hydroxylation is 1. The van der Waals surface area contributed by atoms with E-state index < -0.39 is 5.97 Å². The van der Waals surface area contributed by atoms with Crippen molar-refractivity contribution in [3.8, 4) is 0 Å². The lowest BCUT2D eigenvalue weighted by molar-refractivity contribution is -0.141. The molecule has 1 heterocycles. The average molecular weight is 300 g/mol. The highest BCUT2D eigenvalue weighted by Crippen LogP contribution is 2.26. The van der Waals surface area contributed by atoms with E-state index in [9.17, 15) is 9.59 Å². The summed E-state index contributed by atoms with van der Waals surface area (Å²) >= 11 is 0. The number of rotatable bonds is 4. The number of nitrogens with one attached hydrogen (secondary N) is 2. The molecule has 3 rings (SSSR count). The number of carboxylic acids is 1. The van der Waals surface area contributed by atoms with E-state index in [4.69, 9.17) is 5.11 Å². The molecule has 0 unspecified atom stereocenters. The molecule has 1 aromatic heterocycles. The normalized spacial score (nSPS) is 21.1. The molecule has 2 atom stereocenters. The fraction of sp³-hybridized carbons (Fsp3) is 0.412. The predicted octanol–water partition coefficient (Wildman–Crippen LogP) is 2.39. The van der Waals surface area contributed by atoms with Crippen LogP contribution < -0.4 is 5.32 Å². The molecule has 0 radical (unpaired) electrons. The second-order valence-electron chi connectivity index (χ2n) is 6.06. The van der Waals surface area contributed by atoms with Crippen molar-refractivity contribution in [3.63, 3.8) is 0 Å². The maximum atomic E-state index is 12.3. The van der Waals surface area contributed by atoms with E-state index >= 15 is 0 Å². The highest BCUT2D eigenvalue weighted by atomic mass is 16.4. The minimum atomic E-state index is -0.760. The third-order valence-electron chi connectivity index (χ3n) is 4.51. The number of carbonyl (C=O) groups is 2. The largest absolute Gasteiger partial charge is 0.481 e. The van der Waals surface area contributed by atoms with Crippen LogP contribution in [-0.4, -0.2) is 28.0 Å². The summed E-state index contributed by atoms with van der Waals surface area (Å²) in [6.07, 6.45) is 2.25. The molecular weight excluding hydrogens is 280 g/mol. The number of carboxylic acid groups (broad SMARTS) is 1. The van der Waals surface area contributed by atoms with E-state index in [1.807, 2.05) is 31.2 Å². The van der Waals surface area contributed by atoms with Gasteiger partial charge in [-0.3, -0.25) is 9.59 Å². The Bertz CT molecular complexity index is 720. The molecule has 3 N–H and O–H groups in total. The average Bonchev–Trinajstić information content (AvgIpc) is 3.05. The molecule has 116 valence electrons. The van der Waals surface area contributed by atoms with Gasteiger partial charge in [0.15, 0.2) is 0 Å². The number of H-pyrrole nitrogens is 1. The first-order valence-corrected chi connectivity index (χ1v) is 7.63. The van der Waals surface area contributed by atoms with Crippen LogP contribution in [0.5, 0.6) is 0 Å². The Balaban J connectivity index is 1.67. The topological polar surface area (TPSA) is 82.2 Å². The fourth-order valence-electron chi connectivity index (χ4n) is 3.34. The van der Waals surface area contributed by atoms with E-state index in [1.54, 1.807) is 0 Å². The minimum Gasteiger partial charge on any atom is -0.481 e. The molecule has 1 aliphatic rings. The fourth-order valence-corrected chi connectivity index (χ4v) is 3.34. The smallest absolute Gasteiger partial charge is 0.306 e. The summed E-state index contributed by atoms with van der Waals surface area (Å²) in [5.74, 6) is -1.12. The van der Waals surface area contributed by atoms with Gasteiger partial charge in [0.2, 0.25) is 5.91 Å². The highest BCUT2D eigenvalue weighted by molar-refractivity contribution is 5.90. The van der Waals surface area contributed by atoms with Crippen molar-refractivity contribution < 1.29 is 14.7 Å². The van der Waals surface area contributed by atoms with Gasteiger partial charge in [0.05, 0.1) is 12.3 Å². The Kier molecular flexibility index (Phi) is 3.88. The Morgan fingerprint density at radius 3 is 2.82 bits per heavy atom. The summed E-state index contributed by atoms with van der Waals surface area (Å²) in [7, 11) is 0. The summed E-state index contributed by atoms with van der Waals surface area (Å²) in [5.41, 5.74) is 3.06. The van der Waals surface area contributed by atoms with Gasteiger partial charge in [0, 0.05) is 22.6 Å². The standard InChI is InChI=1S/C17H20N2O3/c1-10-14(13-4-2-3-5-15(13)18-10)9-16(20)19-12-7-6-11(8-12)17(21)22/h2-5,11-12,18H,6-9H2,1H3,(H,19,20)(H,21,22)/t11-,12+/m0/s1. The molecule has 5 heteroatoms. The Hall–Kier alpha value is -2.30. The second-order valence-corrected chi connectivity index (χ2v) is 6.06. The molecule has 1 fully saturated rings. The summed E-state index contributed by atoms with van der Waals surface area (Å²) in [4.78, 5) is 26.5. The van der Waals surface area contributed by atoms with Gasteiger partial charge in [-0.25, -0.2) is 0 Å². The molecule has 5 nitrogen and oxygen atoms in total. The first kappa shape index (κ1) is 14.6. The zero-order chi connectivity index (χ0) is 15.7. The maximum absolute atomic E-state index is 12.3. The molecule has 0 aliphatic heterocycles. The highest BCUT2D eigenvalue weighted by Gasteiger charge is 2.30. The van der Waals surface area contributed by atoms with Crippen LogP contribution in [0, 0.1) is 12.8 Å². The van der Waals surface area contributed by atoms with Gasteiger partial charge in [-0.15, -0.1) is 0 Å². The van der Waals surface area contributed by atoms with Crippen molar-refractivity contribution in [3.05, 3.63) is 35.5 Å². The van der Waals surface area contributed by atoms with Gasteiger partial charge in [-0.2, -0.15) is 0 Å². The lowest BCUT2D eigenvalue weighted by Crippen LogP contribution is -2.34. The molecule has 22 heavy (non-hydrogen) atoms. The summed E-state index contributed by atoms with van der Waals surface area (Å²) < 4.78 is 0. The maximum Gasteiger partial charge on any atom is 0.306 e. The molecule has 1 aliphatic carbocycles. The number of aromatic nitrogens is 1. The van der Waals surface area contributed by atoms with Gasteiger partial charge < -0.3 is 15.4 Å². The zero-order valence-corrected chi connectivity index (χ0v) is 12.6. The van der Waals surface area contributed by atoms with E-state index in [0.29, 0.717) is 19.3 Å². The SMILES string of the molecule is Cc1[nH]c2ccccc2c1CC(=O)N[C@@H]1CC[C@H](C(=O)O)C1. The number of fused-ring (bicyclic) bond motifs is 1. The number of benzene rings is 1. The van der Waals surface area contributed by atoms with Crippen LogP contribution in [-0.2, 0) is 16.0 Å². The summed E-state index contributed by atoms with van der Waals surface area (Å²) in [5, 5.41) is 13.1. The summed E-state index contributed by atoms with van der Waals surface area (Å²) in [6.45, 7) is 1.97. The molecule has 0 spiro atoms. The lowest BCUT2D eigenvalue weighted by Gasteiger charge is -2.12. The van der Waals surface area contributed by atoms with Crippen LogP contribution >= 0.6 is 0 Å². The van der Waals surface area contributed by atoms with Crippen LogP contribution in [0.3, 0.4) is 0 Å². The monoisotopic (exact) mass is 300 g/mol. The van der Waals surface area contributed by atoms with E-state index in [1.165, 1.54) is 0 Å². The van der Waals surface area contributed by atoms with Crippen LogP contribution in [0.2, 0.25) is 0 Å². The molecule has 1 saturated carbocycles. The van der Waals surface area contributed by atoms with Crippen molar-refractivity contribution in [2.75, 3.05) is 0 Å². The lowest BCUT2D eigenvalue weighted by atomic mass is 10.1. The Labute approximate surface area is 128 Å². The van der Waals surface area contributed by atoms with Crippen molar-refractivity contribution in [1.82, 2.24) is 10.3 Å². The first-order chi connectivity index (χ1) is 10.5. The number of para-hydroxylation sites is 1. The predicted molar refractivity (Wildman–Crippen MR) is 83.6 cm³/mol. The molecular formula is C17H20N2O3. The number of hydrogen-bond donors (Lipinski definition) is 3. The number of carbonyl (C=O) groups excluding carboxylic acids is 1. The van der Waals surface area contributed by atoms with Crippen molar-refractivity contribution >= 4 is 22.8 Å². The van der Waals surface area contributed by atoms with E-state index in [0.717, 1.165) is 28.6 Å². The third kappa shape index (κ3) is 2.84. The molecule has 1 amide bonds. The molecule has 1 aromatic carbocycles. The molecule has 2 aromatic rings. The van der Waals surface area contributed by atoms with Crippen LogP contribution in [0.4, 0.5) is 0 Å². The van der Waals surface area contributed by atoms with E-state index in [-0.39, 0.29) is 17.9 Å². The van der Waals surface area contributed by atoms with Crippen molar-refractivity contribution in [1.29, 1.82) is 0 Å². The van der Waals surface area contributed by atoms with Gasteiger partial charge in [-0.1, -0.05) is 18.2 Å². The molecule has 0 saturated heterocycles. The second kappa shape index (κ2) is 5.83. The Morgan fingerprint density at radius 1 is 1.32 bits per heavy atom. The van der Waals surface area contributed by atoms with Crippen LogP contribution in [0.1, 0.15) is 30.5 Å². The number of aliphatic carboxylic acids is 1. The zero-order valence-electron chi connectivity index (χ0n) is 12.6. The van der Waals surface area contributed by atoms with Gasteiger partial charge in [0.25, 0.3) is 0 Å². The van der Waals surface area contributed by atoms with Gasteiger partial charge in [-0.05, 0) is 37.8 Å².